The maximum atomic E-state index is 12.7. The fourth-order valence-electron chi connectivity index (χ4n) is 4.38. The van der Waals surface area contributed by atoms with Crippen LogP contribution in [0, 0.1) is 0 Å². The van der Waals surface area contributed by atoms with Crippen molar-refractivity contribution in [2.45, 2.75) is 32.7 Å². The fourth-order valence-corrected chi connectivity index (χ4v) is 5.29. The molecule has 2 aromatic carbocycles. The molecule has 0 aliphatic carbocycles. The first-order chi connectivity index (χ1) is 15.9. The molecule has 3 aromatic rings. The fraction of sp³-hybridized carbons (Fsp3) is 0.385. The third-order valence-electron chi connectivity index (χ3n) is 6.19. The zero-order chi connectivity index (χ0) is 23.7. The summed E-state index contributed by atoms with van der Waals surface area (Å²) < 4.78 is 21.0. The van der Waals surface area contributed by atoms with E-state index in [1.165, 1.54) is 29.8 Å². The van der Waals surface area contributed by atoms with Crippen molar-refractivity contribution in [2.24, 2.45) is 0 Å². The van der Waals surface area contributed by atoms with Crippen LogP contribution in [-0.4, -0.2) is 50.2 Å². The van der Waals surface area contributed by atoms with E-state index in [9.17, 15) is 4.79 Å². The van der Waals surface area contributed by atoms with Gasteiger partial charge in [0.15, 0.2) is 5.69 Å². The molecule has 0 radical (unpaired) electrons. The molecule has 33 heavy (non-hydrogen) atoms. The normalized spacial score (nSPS) is 13.7. The molecule has 0 spiro atoms. The molecule has 0 unspecified atom stereocenters. The number of hydrogen-bond donors (Lipinski definition) is 0. The first-order valence-electron chi connectivity index (χ1n) is 11.0. The lowest BCUT2D eigenvalue weighted by molar-refractivity contribution is 0.0596. The Bertz CT molecular complexity index is 1190. The quantitative estimate of drug-likeness (QED) is 0.454. The maximum absolute atomic E-state index is 12.7. The van der Waals surface area contributed by atoms with E-state index >= 15 is 0 Å². The Morgan fingerprint density at radius 3 is 2.48 bits per heavy atom. The van der Waals surface area contributed by atoms with Crippen LogP contribution in [0.15, 0.2) is 30.3 Å². The minimum absolute atomic E-state index is 0.252. The second kappa shape index (κ2) is 9.53. The number of benzene rings is 2. The van der Waals surface area contributed by atoms with Gasteiger partial charge in [-0.15, -0.1) is 0 Å². The van der Waals surface area contributed by atoms with Crippen LogP contribution in [0.5, 0.6) is 11.5 Å². The van der Waals surface area contributed by atoms with E-state index in [-0.39, 0.29) is 5.92 Å². The first-order valence-corrected chi connectivity index (χ1v) is 11.8. The third-order valence-corrected chi connectivity index (χ3v) is 7.07. The third kappa shape index (κ3) is 4.35. The molecule has 4 rings (SSSR count). The highest BCUT2D eigenvalue weighted by Crippen LogP contribution is 2.46. The highest BCUT2D eigenvalue weighted by Gasteiger charge is 2.27. The molecule has 1 aliphatic rings. The number of carbonyl (C=O) groups excluding carboxylic acids is 1. The van der Waals surface area contributed by atoms with Gasteiger partial charge in [-0.1, -0.05) is 32.0 Å². The van der Waals surface area contributed by atoms with Crippen LogP contribution in [0.25, 0.3) is 21.6 Å². The number of likely N-dealkylation sites (N-methyl/N-ethyl adjacent to an activating group) is 1. The van der Waals surface area contributed by atoms with Crippen LogP contribution >= 0.6 is 11.5 Å². The lowest BCUT2D eigenvalue weighted by Crippen LogP contribution is -2.26. The van der Waals surface area contributed by atoms with Gasteiger partial charge in [-0.05, 0) is 59.2 Å². The van der Waals surface area contributed by atoms with E-state index < -0.39 is 5.97 Å². The highest BCUT2D eigenvalue weighted by molar-refractivity contribution is 7.10. The molecule has 6 nitrogen and oxygen atoms in total. The zero-order valence-electron chi connectivity index (χ0n) is 20.0. The van der Waals surface area contributed by atoms with Gasteiger partial charge in [-0.3, -0.25) is 0 Å². The van der Waals surface area contributed by atoms with Crippen LogP contribution in [0.1, 0.15) is 46.9 Å². The van der Waals surface area contributed by atoms with Crippen molar-refractivity contribution in [3.05, 3.63) is 52.7 Å². The van der Waals surface area contributed by atoms with Gasteiger partial charge in [-0.2, -0.15) is 4.37 Å². The van der Waals surface area contributed by atoms with E-state index in [2.05, 4.69) is 54.4 Å². The van der Waals surface area contributed by atoms with Gasteiger partial charge in [-0.25, -0.2) is 4.79 Å². The van der Waals surface area contributed by atoms with Crippen LogP contribution in [0.4, 0.5) is 0 Å². The molecule has 174 valence electrons. The van der Waals surface area contributed by atoms with Gasteiger partial charge in [0.2, 0.25) is 0 Å². The Morgan fingerprint density at radius 1 is 1.06 bits per heavy atom. The van der Waals surface area contributed by atoms with Crippen LogP contribution in [0.2, 0.25) is 0 Å². The zero-order valence-corrected chi connectivity index (χ0v) is 20.8. The van der Waals surface area contributed by atoms with Crippen LogP contribution in [0.3, 0.4) is 0 Å². The Kier molecular flexibility index (Phi) is 6.72. The Morgan fingerprint density at radius 2 is 1.82 bits per heavy atom. The minimum atomic E-state index is -0.443. The number of fused-ring (bicyclic) bond motifs is 1. The topological polar surface area (TPSA) is 60.9 Å². The second-order valence-corrected chi connectivity index (χ2v) is 9.42. The number of nitrogens with zero attached hydrogens (tertiary/aromatic N) is 2. The average molecular weight is 467 g/mol. The highest BCUT2D eigenvalue weighted by atomic mass is 32.1. The summed E-state index contributed by atoms with van der Waals surface area (Å²) >= 11 is 1.29. The Balaban J connectivity index is 1.95. The molecule has 0 amide bonds. The van der Waals surface area contributed by atoms with Crippen molar-refractivity contribution in [3.8, 4) is 33.1 Å². The Hall–Kier alpha value is -2.90. The number of carbonyl (C=O) groups is 1. The largest absolute Gasteiger partial charge is 0.496 e. The number of aromatic nitrogens is 1. The number of esters is 1. The van der Waals surface area contributed by atoms with Crippen molar-refractivity contribution in [3.63, 3.8) is 0 Å². The van der Waals surface area contributed by atoms with Crippen molar-refractivity contribution in [1.82, 2.24) is 9.27 Å². The smallest absolute Gasteiger partial charge is 0.358 e. The van der Waals surface area contributed by atoms with Crippen LogP contribution < -0.4 is 9.47 Å². The van der Waals surface area contributed by atoms with E-state index in [4.69, 9.17) is 14.2 Å². The molecule has 0 bridgehead atoms. The summed E-state index contributed by atoms with van der Waals surface area (Å²) in [5, 5.41) is 0. The van der Waals surface area contributed by atoms with Gasteiger partial charge in [0, 0.05) is 30.3 Å². The summed E-state index contributed by atoms with van der Waals surface area (Å²) in [6.07, 6.45) is 0.976. The number of hydrogen-bond acceptors (Lipinski definition) is 7. The molecule has 0 atom stereocenters. The molecular formula is C26H30N2O4S. The van der Waals surface area contributed by atoms with Gasteiger partial charge in [0.05, 0.1) is 26.2 Å². The molecule has 0 N–H and O–H groups in total. The summed E-state index contributed by atoms with van der Waals surface area (Å²) in [6, 6.07) is 10.4. The SMILES string of the molecule is COC(=O)c1nsc(-c2cc(C(C)C)c(OC)cc2OC)c1-c1ccc2c(c1)CCN(C)C2. The Labute approximate surface area is 199 Å². The molecular weight excluding hydrogens is 436 g/mol. The summed E-state index contributed by atoms with van der Waals surface area (Å²) in [4.78, 5) is 15.9. The van der Waals surface area contributed by atoms with Gasteiger partial charge in [0.1, 0.15) is 11.5 Å². The lowest BCUT2D eigenvalue weighted by atomic mass is 9.91. The molecule has 2 heterocycles. The maximum Gasteiger partial charge on any atom is 0.358 e. The number of rotatable bonds is 6. The molecule has 0 saturated carbocycles. The summed E-state index contributed by atoms with van der Waals surface area (Å²) in [5.74, 6) is 1.27. The predicted octanol–water partition coefficient (Wildman–Crippen LogP) is 5.39. The monoisotopic (exact) mass is 466 g/mol. The van der Waals surface area contributed by atoms with E-state index in [0.717, 1.165) is 52.4 Å². The summed E-state index contributed by atoms with van der Waals surface area (Å²) in [6.45, 7) is 6.20. The van der Waals surface area contributed by atoms with Crippen molar-refractivity contribution in [2.75, 3.05) is 34.9 Å². The van der Waals surface area contributed by atoms with Crippen molar-refractivity contribution < 1.29 is 19.0 Å². The molecule has 0 fully saturated rings. The summed E-state index contributed by atoms with van der Waals surface area (Å²) in [7, 11) is 6.83. The summed E-state index contributed by atoms with van der Waals surface area (Å²) in [5.41, 5.74) is 6.67. The standard InChI is InChI=1S/C26H30N2O4S/c1-15(2)19-12-20(22(31-5)13-21(19)30-4)25-23(24(27-33-25)26(29)32-6)17-7-8-18-14-28(3)10-9-16(18)11-17/h7-8,11-13,15H,9-10,14H2,1-6H3. The molecule has 1 aromatic heterocycles. The predicted molar refractivity (Wildman–Crippen MR) is 132 cm³/mol. The van der Waals surface area contributed by atoms with Gasteiger partial charge >= 0.3 is 5.97 Å². The first kappa shape index (κ1) is 23.3. The minimum Gasteiger partial charge on any atom is -0.496 e. The average Bonchev–Trinajstić information content (AvgIpc) is 3.27. The van der Waals surface area contributed by atoms with Crippen molar-refractivity contribution in [1.29, 1.82) is 0 Å². The van der Waals surface area contributed by atoms with E-state index in [1.54, 1.807) is 14.2 Å². The number of methoxy groups -OCH3 is 3. The molecule has 1 aliphatic heterocycles. The van der Waals surface area contributed by atoms with Gasteiger partial charge in [0.25, 0.3) is 0 Å². The van der Waals surface area contributed by atoms with E-state index in [0.29, 0.717) is 11.4 Å². The molecule has 0 saturated heterocycles. The van der Waals surface area contributed by atoms with Crippen LogP contribution in [-0.2, 0) is 17.7 Å². The van der Waals surface area contributed by atoms with Crippen molar-refractivity contribution >= 4 is 17.5 Å². The molecule has 7 heteroatoms. The lowest BCUT2D eigenvalue weighted by Gasteiger charge is -2.25. The number of ether oxygens (including phenoxy) is 3. The second-order valence-electron chi connectivity index (χ2n) is 8.65. The van der Waals surface area contributed by atoms with Gasteiger partial charge < -0.3 is 19.1 Å². The van der Waals surface area contributed by atoms with E-state index in [1.807, 2.05) is 6.07 Å².